The summed E-state index contributed by atoms with van der Waals surface area (Å²) < 4.78 is 27.2. The van der Waals surface area contributed by atoms with E-state index in [0.29, 0.717) is 30.5 Å². The van der Waals surface area contributed by atoms with E-state index in [9.17, 15) is 18.4 Å². The van der Waals surface area contributed by atoms with Gasteiger partial charge in [0.2, 0.25) is 5.91 Å². The number of carbonyl (C=O) groups excluding carboxylic acids is 2. The molecule has 0 saturated carbocycles. The molecule has 2 amide bonds. The Morgan fingerprint density at radius 1 is 1.00 bits per heavy atom. The molecule has 0 spiro atoms. The second-order valence-corrected chi connectivity index (χ2v) is 6.26. The lowest BCUT2D eigenvalue weighted by Crippen LogP contribution is -2.36. The topological polar surface area (TPSA) is 40.6 Å². The molecule has 2 aromatic rings. The number of rotatable bonds is 1. The van der Waals surface area contributed by atoms with Gasteiger partial charge in [0.1, 0.15) is 11.6 Å². The first-order chi connectivity index (χ1) is 11.9. The van der Waals surface area contributed by atoms with Gasteiger partial charge in [0.15, 0.2) is 0 Å². The Bertz CT molecular complexity index is 838. The van der Waals surface area contributed by atoms with Gasteiger partial charge in [-0.15, -0.1) is 0 Å². The van der Waals surface area contributed by atoms with Crippen LogP contribution in [-0.4, -0.2) is 24.9 Å². The Balaban J connectivity index is 2.09. The third-order valence-corrected chi connectivity index (χ3v) is 4.24. The van der Waals surface area contributed by atoms with Gasteiger partial charge < -0.3 is 9.80 Å². The highest BCUT2D eigenvalue weighted by Crippen LogP contribution is 2.34. The minimum absolute atomic E-state index is 0.0104. The number of carbonyl (C=O) groups is 2. The predicted molar refractivity (Wildman–Crippen MR) is 91.7 cm³/mol. The van der Waals surface area contributed by atoms with Crippen LogP contribution in [0.1, 0.15) is 24.2 Å². The first-order valence-electron chi connectivity index (χ1n) is 8.02. The first-order valence-corrected chi connectivity index (χ1v) is 8.02. The predicted octanol–water partition coefficient (Wildman–Crippen LogP) is 3.61. The van der Waals surface area contributed by atoms with Crippen molar-refractivity contribution in [2.45, 2.75) is 13.8 Å². The molecule has 0 radical (unpaired) electrons. The van der Waals surface area contributed by atoms with E-state index in [1.807, 2.05) is 6.92 Å². The van der Waals surface area contributed by atoms with Crippen LogP contribution in [-0.2, 0) is 4.79 Å². The van der Waals surface area contributed by atoms with E-state index in [4.69, 9.17) is 0 Å². The fourth-order valence-electron chi connectivity index (χ4n) is 3.10. The molecular formula is C19H18F2N2O2. The van der Waals surface area contributed by atoms with E-state index in [-0.39, 0.29) is 17.4 Å². The summed E-state index contributed by atoms with van der Waals surface area (Å²) in [6, 6.07) is 9.93. The van der Waals surface area contributed by atoms with Crippen LogP contribution in [0.25, 0.3) is 0 Å². The molecule has 25 heavy (non-hydrogen) atoms. The summed E-state index contributed by atoms with van der Waals surface area (Å²) in [6.07, 6.45) is 0. The number of nitrogens with zero attached hydrogens (tertiary/aromatic N) is 2. The molecule has 0 N–H and O–H groups in total. The summed E-state index contributed by atoms with van der Waals surface area (Å²) in [5.41, 5.74) is 0.950. The molecule has 2 aromatic carbocycles. The number of benzene rings is 2. The van der Waals surface area contributed by atoms with Gasteiger partial charge >= 0.3 is 0 Å². The Morgan fingerprint density at radius 3 is 2.20 bits per heavy atom. The van der Waals surface area contributed by atoms with Gasteiger partial charge in [0, 0.05) is 26.1 Å². The van der Waals surface area contributed by atoms with Crippen LogP contribution in [0.15, 0.2) is 42.5 Å². The van der Waals surface area contributed by atoms with Crippen molar-refractivity contribution in [3.8, 4) is 0 Å². The van der Waals surface area contributed by atoms with Crippen LogP contribution in [0.5, 0.6) is 0 Å². The zero-order valence-electron chi connectivity index (χ0n) is 14.0. The number of fused-ring (bicyclic) bond motifs is 1. The molecule has 1 aliphatic heterocycles. The molecule has 0 unspecified atom stereocenters. The van der Waals surface area contributed by atoms with E-state index in [0.717, 1.165) is 12.1 Å². The summed E-state index contributed by atoms with van der Waals surface area (Å²) in [5, 5.41) is 0. The smallest absolute Gasteiger partial charge is 0.261 e. The molecule has 0 aliphatic carbocycles. The SMILES string of the molecule is CC(=O)N1C[C@@H](C)CN(C(=O)c2ccc(F)cc2F)c2ccccc21. The zero-order valence-corrected chi connectivity index (χ0v) is 14.0. The van der Waals surface area contributed by atoms with Crippen molar-refractivity contribution >= 4 is 23.2 Å². The number of hydrogen-bond acceptors (Lipinski definition) is 2. The highest BCUT2D eigenvalue weighted by Gasteiger charge is 2.31. The number of halogens is 2. The van der Waals surface area contributed by atoms with E-state index in [1.54, 1.807) is 29.2 Å². The third-order valence-electron chi connectivity index (χ3n) is 4.24. The van der Waals surface area contributed by atoms with Crippen LogP contribution in [0.3, 0.4) is 0 Å². The van der Waals surface area contributed by atoms with E-state index < -0.39 is 17.5 Å². The first kappa shape index (κ1) is 17.1. The molecule has 3 rings (SSSR count). The van der Waals surface area contributed by atoms with Crippen LogP contribution >= 0.6 is 0 Å². The Hall–Kier alpha value is -2.76. The molecule has 6 heteroatoms. The van der Waals surface area contributed by atoms with Gasteiger partial charge in [-0.2, -0.15) is 0 Å². The fourth-order valence-corrected chi connectivity index (χ4v) is 3.10. The maximum absolute atomic E-state index is 14.1. The molecule has 1 heterocycles. The molecule has 0 fully saturated rings. The molecule has 130 valence electrons. The summed E-state index contributed by atoms with van der Waals surface area (Å²) >= 11 is 0. The van der Waals surface area contributed by atoms with Gasteiger partial charge in [-0.3, -0.25) is 9.59 Å². The van der Waals surface area contributed by atoms with Gasteiger partial charge in [0.05, 0.1) is 16.9 Å². The average molecular weight is 344 g/mol. The Kier molecular flexibility index (Phi) is 4.53. The fraction of sp³-hybridized carbons (Fsp3) is 0.263. The second-order valence-electron chi connectivity index (χ2n) is 6.26. The third kappa shape index (κ3) is 3.24. The quantitative estimate of drug-likeness (QED) is 0.793. The van der Waals surface area contributed by atoms with E-state index in [1.165, 1.54) is 11.8 Å². The maximum atomic E-state index is 14.1. The van der Waals surface area contributed by atoms with Crippen molar-refractivity contribution in [1.29, 1.82) is 0 Å². The minimum Gasteiger partial charge on any atom is -0.310 e. The van der Waals surface area contributed by atoms with Gasteiger partial charge in [0.25, 0.3) is 5.91 Å². The van der Waals surface area contributed by atoms with Crippen LogP contribution in [0.4, 0.5) is 20.2 Å². The molecular weight excluding hydrogens is 326 g/mol. The second kappa shape index (κ2) is 6.63. The molecule has 0 aromatic heterocycles. The summed E-state index contributed by atoms with van der Waals surface area (Å²) in [7, 11) is 0. The van der Waals surface area contributed by atoms with Crippen molar-refractivity contribution in [3.05, 3.63) is 59.7 Å². The lowest BCUT2D eigenvalue weighted by atomic mass is 10.1. The lowest BCUT2D eigenvalue weighted by molar-refractivity contribution is -0.116. The summed E-state index contributed by atoms with van der Waals surface area (Å²) in [4.78, 5) is 28.0. The summed E-state index contributed by atoms with van der Waals surface area (Å²) in [5.74, 6) is -2.32. The van der Waals surface area contributed by atoms with Gasteiger partial charge in [-0.05, 0) is 30.2 Å². The molecule has 0 bridgehead atoms. The van der Waals surface area contributed by atoms with Crippen LogP contribution in [0, 0.1) is 17.6 Å². The van der Waals surface area contributed by atoms with Crippen molar-refractivity contribution in [3.63, 3.8) is 0 Å². The highest BCUT2D eigenvalue weighted by atomic mass is 19.1. The molecule has 1 atom stereocenters. The molecule has 4 nitrogen and oxygen atoms in total. The number of hydrogen-bond donors (Lipinski definition) is 0. The van der Waals surface area contributed by atoms with Crippen molar-refractivity contribution < 1.29 is 18.4 Å². The van der Waals surface area contributed by atoms with Crippen LogP contribution < -0.4 is 9.80 Å². The summed E-state index contributed by atoms with van der Waals surface area (Å²) in [6.45, 7) is 4.18. The number of amides is 2. The van der Waals surface area contributed by atoms with Gasteiger partial charge in [-0.1, -0.05) is 19.1 Å². The maximum Gasteiger partial charge on any atom is 0.261 e. The van der Waals surface area contributed by atoms with Gasteiger partial charge in [-0.25, -0.2) is 8.78 Å². The zero-order chi connectivity index (χ0) is 18.1. The molecule has 0 saturated heterocycles. The largest absolute Gasteiger partial charge is 0.310 e. The monoisotopic (exact) mass is 344 g/mol. The van der Waals surface area contributed by atoms with Crippen LogP contribution in [0.2, 0.25) is 0 Å². The minimum atomic E-state index is -0.900. The normalized spacial score (nSPS) is 17.0. The van der Waals surface area contributed by atoms with E-state index >= 15 is 0 Å². The standard InChI is InChI=1S/C19H18F2N2O2/c1-12-10-22(13(2)24)17-5-3-4-6-18(17)23(11-12)19(25)15-8-7-14(20)9-16(15)21/h3-9,12H,10-11H2,1-2H3/t12-/m1/s1. The van der Waals surface area contributed by atoms with Crippen molar-refractivity contribution in [2.24, 2.45) is 5.92 Å². The number of anilines is 2. The molecule has 1 aliphatic rings. The average Bonchev–Trinajstić information content (AvgIpc) is 2.71. The number of para-hydroxylation sites is 2. The Morgan fingerprint density at radius 2 is 1.60 bits per heavy atom. The Labute approximate surface area is 144 Å². The van der Waals surface area contributed by atoms with Crippen molar-refractivity contribution in [2.75, 3.05) is 22.9 Å². The highest BCUT2D eigenvalue weighted by molar-refractivity contribution is 6.09. The van der Waals surface area contributed by atoms with E-state index in [2.05, 4.69) is 0 Å². The lowest BCUT2D eigenvalue weighted by Gasteiger charge is -2.25. The van der Waals surface area contributed by atoms with Crippen molar-refractivity contribution in [1.82, 2.24) is 0 Å².